The van der Waals surface area contributed by atoms with E-state index in [9.17, 15) is 9.18 Å². The van der Waals surface area contributed by atoms with Crippen LogP contribution in [0.25, 0.3) is 15.2 Å². The quantitative estimate of drug-likeness (QED) is 0.745. The topological polar surface area (TPSA) is 54.6 Å². The minimum atomic E-state index is -1.08. The van der Waals surface area contributed by atoms with Crippen molar-refractivity contribution < 1.29 is 14.3 Å². The molecular formula is C11H6ClFN2O2S. The van der Waals surface area contributed by atoms with Crippen LogP contribution in [0.3, 0.4) is 0 Å². The van der Waals surface area contributed by atoms with Crippen molar-refractivity contribution in [3.63, 3.8) is 0 Å². The number of nitrogens with zero attached hydrogens (tertiary/aromatic N) is 2. The van der Waals surface area contributed by atoms with Crippen LogP contribution in [0.15, 0.2) is 12.1 Å². The van der Waals surface area contributed by atoms with Gasteiger partial charge in [0.2, 0.25) is 0 Å². The van der Waals surface area contributed by atoms with E-state index in [1.807, 2.05) is 0 Å². The number of aryl methyl sites for hydroxylation is 1. The zero-order valence-corrected chi connectivity index (χ0v) is 10.6. The third-order valence-electron chi connectivity index (χ3n) is 2.74. The number of carbonyl (C=O) groups is 1. The summed E-state index contributed by atoms with van der Waals surface area (Å²) in [6.45, 7) is 1.66. The third-order valence-corrected chi connectivity index (χ3v) is 4.30. The van der Waals surface area contributed by atoms with Crippen molar-refractivity contribution >= 4 is 44.1 Å². The van der Waals surface area contributed by atoms with E-state index in [0.29, 0.717) is 20.9 Å². The molecule has 0 saturated carbocycles. The second-order valence-corrected chi connectivity index (χ2v) is 5.14. The molecule has 0 fully saturated rings. The van der Waals surface area contributed by atoms with Gasteiger partial charge in [-0.2, -0.15) is 0 Å². The smallest absolute Gasteiger partial charge is 0.356 e. The largest absolute Gasteiger partial charge is 0.476 e. The molecule has 4 nitrogen and oxygen atoms in total. The Balaban J connectivity index is 2.49. The highest BCUT2D eigenvalue weighted by molar-refractivity contribution is 7.24. The van der Waals surface area contributed by atoms with Gasteiger partial charge in [-0.05, 0) is 19.1 Å². The molecule has 0 aliphatic carbocycles. The minimum absolute atomic E-state index is 0.00333. The number of fused-ring (bicyclic) bond motifs is 3. The second-order valence-electron chi connectivity index (χ2n) is 3.78. The number of rotatable bonds is 1. The predicted octanol–water partition coefficient (Wildman–Crippen LogP) is 3.35. The Morgan fingerprint density at radius 1 is 1.56 bits per heavy atom. The lowest BCUT2D eigenvalue weighted by atomic mass is 10.3. The molecule has 1 aromatic carbocycles. The van der Waals surface area contributed by atoms with Gasteiger partial charge >= 0.3 is 5.97 Å². The van der Waals surface area contributed by atoms with Gasteiger partial charge in [0.25, 0.3) is 0 Å². The summed E-state index contributed by atoms with van der Waals surface area (Å²) >= 11 is 7.06. The molecule has 2 heterocycles. The molecule has 0 aliphatic heterocycles. The normalized spacial score (nSPS) is 11.5. The molecule has 0 atom stereocenters. The van der Waals surface area contributed by atoms with Crippen LogP contribution < -0.4 is 0 Å². The molecule has 0 saturated heterocycles. The van der Waals surface area contributed by atoms with Crippen LogP contribution in [0.1, 0.15) is 16.2 Å². The van der Waals surface area contributed by atoms with E-state index in [4.69, 9.17) is 16.7 Å². The first kappa shape index (κ1) is 11.4. The average Bonchev–Trinajstić information content (AvgIpc) is 2.82. The first-order valence-corrected chi connectivity index (χ1v) is 6.19. The van der Waals surface area contributed by atoms with Gasteiger partial charge in [0.05, 0.1) is 20.9 Å². The SMILES string of the molecule is Cc1c(C(=O)O)nc2sc3c(Cl)c(F)ccc3n12. The van der Waals surface area contributed by atoms with E-state index < -0.39 is 11.8 Å². The molecule has 0 amide bonds. The van der Waals surface area contributed by atoms with Crippen LogP contribution in [0.4, 0.5) is 4.39 Å². The first-order chi connectivity index (χ1) is 8.50. The summed E-state index contributed by atoms with van der Waals surface area (Å²) in [7, 11) is 0. The third kappa shape index (κ3) is 1.36. The van der Waals surface area contributed by atoms with E-state index in [0.717, 1.165) is 0 Å². The van der Waals surface area contributed by atoms with Crippen molar-refractivity contribution in [2.24, 2.45) is 0 Å². The Labute approximate surface area is 109 Å². The molecule has 7 heteroatoms. The number of thiazole rings is 1. The molecule has 0 radical (unpaired) electrons. The molecule has 18 heavy (non-hydrogen) atoms. The summed E-state index contributed by atoms with van der Waals surface area (Å²) in [4.78, 5) is 15.5. The summed E-state index contributed by atoms with van der Waals surface area (Å²) < 4.78 is 15.6. The number of hydrogen-bond acceptors (Lipinski definition) is 3. The van der Waals surface area contributed by atoms with Crippen molar-refractivity contribution in [1.82, 2.24) is 9.38 Å². The van der Waals surface area contributed by atoms with E-state index in [2.05, 4.69) is 4.98 Å². The molecule has 0 bridgehead atoms. The summed E-state index contributed by atoms with van der Waals surface area (Å²) in [6.07, 6.45) is 0. The monoisotopic (exact) mass is 284 g/mol. The Bertz CT molecular complexity index is 808. The maximum absolute atomic E-state index is 13.3. The highest BCUT2D eigenvalue weighted by atomic mass is 35.5. The van der Waals surface area contributed by atoms with E-state index in [1.54, 1.807) is 17.4 Å². The van der Waals surface area contributed by atoms with Gasteiger partial charge < -0.3 is 5.11 Å². The maximum Gasteiger partial charge on any atom is 0.356 e. The number of aromatic nitrogens is 2. The molecule has 0 aliphatic rings. The van der Waals surface area contributed by atoms with Crippen molar-refractivity contribution in [2.45, 2.75) is 6.92 Å². The summed E-state index contributed by atoms with van der Waals surface area (Å²) in [5, 5.41) is 9.04. The molecule has 2 aromatic heterocycles. The van der Waals surface area contributed by atoms with Crippen molar-refractivity contribution in [3.05, 3.63) is 34.4 Å². The van der Waals surface area contributed by atoms with Crippen LogP contribution in [0, 0.1) is 12.7 Å². The lowest BCUT2D eigenvalue weighted by Gasteiger charge is -1.98. The zero-order chi connectivity index (χ0) is 13.0. The average molecular weight is 285 g/mol. The minimum Gasteiger partial charge on any atom is -0.476 e. The van der Waals surface area contributed by atoms with Crippen LogP contribution >= 0.6 is 22.9 Å². The molecule has 1 N–H and O–H groups in total. The van der Waals surface area contributed by atoms with Crippen LogP contribution in [0.2, 0.25) is 5.02 Å². The van der Waals surface area contributed by atoms with Gasteiger partial charge in [0, 0.05) is 0 Å². The van der Waals surface area contributed by atoms with Crippen molar-refractivity contribution in [1.29, 1.82) is 0 Å². The molecule has 3 aromatic rings. The number of hydrogen-bond donors (Lipinski definition) is 1. The maximum atomic E-state index is 13.3. The Hall–Kier alpha value is -1.66. The van der Waals surface area contributed by atoms with E-state index >= 15 is 0 Å². The van der Waals surface area contributed by atoms with E-state index in [-0.39, 0.29) is 10.7 Å². The van der Waals surface area contributed by atoms with Gasteiger partial charge in [-0.15, -0.1) is 0 Å². The van der Waals surface area contributed by atoms with Gasteiger partial charge in [0.15, 0.2) is 10.7 Å². The fraction of sp³-hybridized carbons (Fsp3) is 0.0909. The highest BCUT2D eigenvalue weighted by Crippen LogP contribution is 2.35. The second kappa shape index (κ2) is 3.66. The lowest BCUT2D eigenvalue weighted by molar-refractivity contribution is 0.0690. The predicted molar refractivity (Wildman–Crippen MR) is 67.2 cm³/mol. The number of imidazole rings is 1. The van der Waals surface area contributed by atoms with Crippen LogP contribution in [-0.2, 0) is 0 Å². The summed E-state index contributed by atoms with van der Waals surface area (Å²) in [5.41, 5.74) is 1.17. The van der Waals surface area contributed by atoms with Gasteiger partial charge in [-0.25, -0.2) is 14.2 Å². The number of halogens is 2. The Morgan fingerprint density at radius 3 is 2.94 bits per heavy atom. The summed E-state index contributed by atoms with van der Waals surface area (Å²) in [5.74, 6) is -1.57. The number of aromatic carboxylic acids is 1. The van der Waals surface area contributed by atoms with Crippen LogP contribution in [0.5, 0.6) is 0 Å². The molecule has 0 unspecified atom stereocenters. The molecule has 92 valence electrons. The van der Waals surface area contributed by atoms with Gasteiger partial charge in [-0.1, -0.05) is 22.9 Å². The van der Waals surface area contributed by atoms with Crippen LogP contribution in [-0.4, -0.2) is 20.5 Å². The molecular weight excluding hydrogens is 279 g/mol. The number of carboxylic acids is 1. The number of benzene rings is 1. The van der Waals surface area contributed by atoms with Gasteiger partial charge in [0.1, 0.15) is 5.82 Å². The molecule has 3 rings (SSSR count). The van der Waals surface area contributed by atoms with Crippen molar-refractivity contribution in [2.75, 3.05) is 0 Å². The van der Waals surface area contributed by atoms with Gasteiger partial charge in [-0.3, -0.25) is 4.40 Å². The highest BCUT2D eigenvalue weighted by Gasteiger charge is 2.20. The Kier molecular flexibility index (Phi) is 2.33. The van der Waals surface area contributed by atoms with E-state index in [1.165, 1.54) is 17.4 Å². The van der Waals surface area contributed by atoms with Crippen molar-refractivity contribution in [3.8, 4) is 0 Å². The first-order valence-electron chi connectivity index (χ1n) is 4.99. The Morgan fingerprint density at radius 2 is 2.28 bits per heavy atom. The number of carboxylic acid groups (broad SMARTS) is 1. The fourth-order valence-electron chi connectivity index (χ4n) is 1.92. The molecule has 0 spiro atoms. The lowest BCUT2D eigenvalue weighted by Crippen LogP contribution is -1.99. The zero-order valence-electron chi connectivity index (χ0n) is 9.07. The standard InChI is InChI=1S/C11H6ClFN2O2S/c1-4-8(10(16)17)14-11-15(4)6-3-2-5(13)7(12)9(6)18-11/h2-3H,1H3,(H,16,17). The fourth-order valence-corrected chi connectivity index (χ4v) is 3.29. The summed E-state index contributed by atoms with van der Waals surface area (Å²) in [6, 6.07) is 2.83.